The van der Waals surface area contributed by atoms with E-state index in [0.29, 0.717) is 11.9 Å². The van der Waals surface area contributed by atoms with E-state index < -0.39 is 5.82 Å². The molecular formula is C11H10FN2. The molecule has 2 N–H and O–H groups in total. The number of fused-ring (bicyclic) bond motifs is 1. The molecule has 1 radical (unpaired) electrons. The Morgan fingerprint density at radius 2 is 2.14 bits per heavy atom. The first-order valence-corrected chi connectivity index (χ1v) is 4.34. The highest BCUT2D eigenvalue weighted by atomic mass is 19.1. The van der Waals surface area contributed by atoms with Crippen LogP contribution in [-0.4, -0.2) is 4.98 Å². The number of nitrogen functional groups attached to an aromatic ring is 1. The number of rotatable bonds is 1. The predicted octanol–water partition coefficient (Wildman–Crippen LogP) is 2.33. The predicted molar refractivity (Wildman–Crippen MR) is 55.2 cm³/mol. The number of hydrogen-bond donors (Lipinski definition) is 1. The van der Waals surface area contributed by atoms with Crippen LogP contribution in [0.1, 0.15) is 5.56 Å². The second-order valence-corrected chi connectivity index (χ2v) is 3.13. The quantitative estimate of drug-likeness (QED) is 0.747. The van der Waals surface area contributed by atoms with Crippen molar-refractivity contribution >= 4 is 16.7 Å². The fourth-order valence-corrected chi connectivity index (χ4v) is 1.36. The van der Waals surface area contributed by atoms with Crippen LogP contribution in [0.3, 0.4) is 0 Å². The summed E-state index contributed by atoms with van der Waals surface area (Å²) in [6.07, 6.45) is 0.689. The lowest BCUT2D eigenvalue weighted by atomic mass is 10.1. The van der Waals surface area contributed by atoms with Gasteiger partial charge in [-0.1, -0.05) is 12.1 Å². The largest absolute Gasteiger partial charge is 0.381 e. The first kappa shape index (κ1) is 8.94. The van der Waals surface area contributed by atoms with Crippen molar-refractivity contribution in [2.45, 2.75) is 6.42 Å². The van der Waals surface area contributed by atoms with E-state index in [1.54, 1.807) is 0 Å². The maximum Gasteiger partial charge on any atom is 0.165 e. The fourth-order valence-electron chi connectivity index (χ4n) is 1.36. The van der Waals surface area contributed by atoms with Gasteiger partial charge in [-0.05, 0) is 31.0 Å². The molecule has 1 aromatic heterocycles. The highest BCUT2D eigenvalue weighted by molar-refractivity contribution is 5.80. The van der Waals surface area contributed by atoms with Crippen molar-refractivity contribution in [3.63, 3.8) is 0 Å². The van der Waals surface area contributed by atoms with Gasteiger partial charge in [0.05, 0.1) is 5.52 Å². The Balaban J connectivity index is 2.70. The van der Waals surface area contributed by atoms with Gasteiger partial charge in [0.25, 0.3) is 0 Å². The van der Waals surface area contributed by atoms with Gasteiger partial charge in [0.15, 0.2) is 11.6 Å². The molecule has 2 aromatic rings. The number of nitrogens with two attached hydrogens (primary N) is 1. The summed E-state index contributed by atoms with van der Waals surface area (Å²) < 4.78 is 13.0. The lowest BCUT2D eigenvalue weighted by Gasteiger charge is -2.02. The molecule has 3 heteroatoms. The second-order valence-electron chi connectivity index (χ2n) is 3.13. The fraction of sp³-hybridized carbons (Fsp3) is 0.0909. The number of aromatic nitrogens is 1. The number of hydrogen-bond acceptors (Lipinski definition) is 2. The van der Waals surface area contributed by atoms with E-state index in [0.717, 1.165) is 10.9 Å². The zero-order valence-corrected chi connectivity index (χ0v) is 7.63. The minimum Gasteiger partial charge on any atom is -0.381 e. The van der Waals surface area contributed by atoms with Gasteiger partial charge >= 0.3 is 0 Å². The van der Waals surface area contributed by atoms with Gasteiger partial charge in [-0.3, -0.25) is 0 Å². The van der Waals surface area contributed by atoms with Crippen LogP contribution in [0.4, 0.5) is 10.2 Å². The van der Waals surface area contributed by atoms with Crippen LogP contribution in [0.25, 0.3) is 10.9 Å². The van der Waals surface area contributed by atoms with Gasteiger partial charge in [-0.25, -0.2) is 9.37 Å². The lowest BCUT2D eigenvalue weighted by Crippen LogP contribution is -1.95. The Morgan fingerprint density at radius 3 is 2.86 bits per heavy atom. The van der Waals surface area contributed by atoms with Gasteiger partial charge in [0.1, 0.15) is 0 Å². The van der Waals surface area contributed by atoms with Crippen LogP contribution in [0, 0.1) is 12.7 Å². The third-order valence-electron chi connectivity index (χ3n) is 2.15. The van der Waals surface area contributed by atoms with Crippen molar-refractivity contribution in [3.05, 3.63) is 42.6 Å². The number of pyridine rings is 1. The Labute approximate surface area is 81.6 Å². The summed E-state index contributed by atoms with van der Waals surface area (Å²) in [5, 5.41) is 0.758. The molecule has 0 aliphatic heterocycles. The molecule has 0 unspecified atom stereocenters. The van der Waals surface area contributed by atoms with E-state index in [-0.39, 0.29) is 5.82 Å². The maximum atomic E-state index is 13.0. The second kappa shape index (κ2) is 3.25. The summed E-state index contributed by atoms with van der Waals surface area (Å²) in [6, 6.07) is 7.00. The van der Waals surface area contributed by atoms with Crippen molar-refractivity contribution < 1.29 is 4.39 Å². The standard InChI is InChI=1S/C11H10FN2/c1-2-7-3-4-8-6-9(12)11(13)14-10(8)5-7/h3-6H,1-2H2,(H2,13,14). The molecule has 1 heterocycles. The first-order valence-electron chi connectivity index (χ1n) is 4.34. The van der Waals surface area contributed by atoms with Crippen LogP contribution in [0.2, 0.25) is 0 Å². The Kier molecular flexibility index (Phi) is 2.08. The summed E-state index contributed by atoms with van der Waals surface area (Å²) in [7, 11) is 0. The molecule has 71 valence electrons. The molecule has 2 nitrogen and oxygen atoms in total. The SMILES string of the molecule is [CH2]Cc1ccc2cc(F)c(N)nc2c1. The van der Waals surface area contributed by atoms with Crippen molar-refractivity contribution in [1.82, 2.24) is 4.98 Å². The van der Waals surface area contributed by atoms with Gasteiger partial charge in [0.2, 0.25) is 0 Å². The summed E-state index contributed by atoms with van der Waals surface area (Å²) in [5.74, 6) is -0.529. The Morgan fingerprint density at radius 1 is 1.36 bits per heavy atom. The number of nitrogens with zero attached hydrogens (tertiary/aromatic N) is 1. The maximum absolute atomic E-state index is 13.0. The molecule has 0 saturated carbocycles. The van der Waals surface area contributed by atoms with Crippen molar-refractivity contribution in [1.29, 1.82) is 0 Å². The van der Waals surface area contributed by atoms with Crippen LogP contribution in [-0.2, 0) is 6.42 Å². The van der Waals surface area contributed by atoms with Crippen LogP contribution in [0.15, 0.2) is 24.3 Å². The number of halogens is 1. The van der Waals surface area contributed by atoms with Crippen molar-refractivity contribution in [2.75, 3.05) is 5.73 Å². The summed E-state index contributed by atoms with van der Waals surface area (Å²) >= 11 is 0. The molecule has 0 amide bonds. The minimum atomic E-state index is -0.472. The lowest BCUT2D eigenvalue weighted by molar-refractivity contribution is 0.630. The third-order valence-corrected chi connectivity index (χ3v) is 2.15. The van der Waals surface area contributed by atoms with E-state index in [4.69, 9.17) is 5.73 Å². The molecule has 0 spiro atoms. The summed E-state index contributed by atoms with van der Waals surface area (Å²) in [6.45, 7) is 3.77. The van der Waals surface area contributed by atoms with Crippen LogP contribution >= 0.6 is 0 Å². The molecule has 2 rings (SSSR count). The van der Waals surface area contributed by atoms with E-state index in [2.05, 4.69) is 11.9 Å². The normalized spacial score (nSPS) is 10.7. The van der Waals surface area contributed by atoms with Crippen molar-refractivity contribution in [2.24, 2.45) is 0 Å². The van der Waals surface area contributed by atoms with Gasteiger partial charge in [-0.2, -0.15) is 0 Å². The zero-order valence-electron chi connectivity index (χ0n) is 7.63. The first-order chi connectivity index (χ1) is 6.70. The third kappa shape index (κ3) is 1.41. The molecule has 1 aromatic carbocycles. The molecule has 0 aliphatic rings. The summed E-state index contributed by atoms with van der Waals surface area (Å²) in [4.78, 5) is 3.96. The van der Waals surface area contributed by atoms with Crippen molar-refractivity contribution in [3.8, 4) is 0 Å². The molecular weight excluding hydrogens is 179 g/mol. The van der Waals surface area contributed by atoms with E-state index >= 15 is 0 Å². The highest BCUT2D eigenvalue weighted by Gasteiger charge is 2.03. The molecule has 0 atom stereocenters. The van der Waals surface area contributed by atoms with Gasteiger partial charge < -0.3 is 5.73 Å². The molecule has 0 aliphatic carbocycles. The topological polar surface area (TPSA) is 38.9 Å². The smallest absolute Gasteiger partial charge is 0.165 e. The van der Waals surface area contributed by atoms with E-state index in [1.807, 2.05) is 18.2 Å². The molecule has 0 fully saturated rings. The van der Waals surface area contributed by atoms with Crippen LogP contribution in [0.5, 0.6) is 0 Å². The Bertz CT molecular complexity index is 480. The number of anilines is 1. The minimum absolute atomic E-state index is 0.0567. The molecule has 14 heavy (non-hydrogen) atoms. The van der Waals surface area contributed by atoms with Gasteiger partial charge in [-0.15, -0.1) is 0 Å². The zero-order chi connectivity index (χ0) is 10.1. The van der Waals surface area contributed by atoms with Crippen LogP contribution < -0.4 is 5.73 Å². The molecule has 0 bridgehead atoms. The van der Waals surface area contributed by atoms with E-state index in [1.165, 1.54) is 6.07 Å². The molecule has 0 saturated heterocycles. The van der Waals surface area contributed by atoms with E-state index in [9.17, 15) is 4.39 Å². The van der Waals surface area contributed by atoms with Gasteiger partial charge in [0, 0.05) is 5.39 Å². The average molecular weight is 189 g/mol. The average Bonchev–Trinajstić information content (AvgIpc) is 2.19. The summed E-state index contributed by atoms with van der Waals surface area (Å²) in [5.41, 5.74) is 7.15. The number of benzene rings is 1. The highest BCUT2D eigenvalue weighted by Crippen LogP contribution is 2.18. The monoisotopic (exact) mass is 189 g/mol. The Hall–Kier alpha value is -1.64.